The van der Waals surface area contributed by atoms with Crippen LogP contribution >= 0.6 is 0 Å². The van der Waals surface area contributed by atoms with E-state index >= 15 is 0 Å². The Morgan fingerprint density at radius 2 is 1.92 bits per heavy atom. The number of hydrogen-bond donors (Lipinski definition) is 1. The summed E-state index contributed by atoms with van der Waals surface area (Å²) in [6.45, 7) is 3.51. The van der Waals surface area contributed by atoms with Gasteiger partial charge in [-0.25, -0.2) is 9.97 Å². The molecule has 3 heterocycles. The molecule has 1 aliphatic rings. The van der Waals surface area contributed by atoms with E-state index in [4.69, 9.17) is 9.72 Å². The number of nitrogens with zero attached hydrogens (tertiary/aromatic N) is 4. The topological polar surface area (TPSA) is 89.3 Å². The number of amides is 1. The minimum absolute atomic E-state index is 0.0911. The van der Waals surface area contributed by atoms with Gasteiger partial charge in [-0.3, -0.25) is 14.2 Å². The average molecular weight is 484 g/mol. The molecular formula is C28H29N5O3. The number of para-hydroxylation sites is 2. The number of benzene rings is 2. The maximum atomic E-state index is 13.7. The van der Waals surface area contributed by atoms with Crippen molar-refractivity contribution in [1.82, 2.24) is 14.5 Å². The molecule has 1 atom stereocenters. The van der Waals surface area contributed by atoms with Gasteiger partial charge in [0.2, 0.25) is 5.91 Å². The highest BCUT2D eigenvalue weighted by Crippen LogP contribution is 2.26. The summed E-state index contributed by atoms with van der Waals surface area (Å²) in [6.07, 6.45) is 3.20. The Bertz CT molecular complexity index is 1450. The number of aromatic nitrogens is 3. The van der Waals surface area contributed by atoms with E-state index in [0.717, 1.165) is 24.0 Å². The van der Waals surface area contributed by atoms with Gasteiger partial charge in [-0.05, 0) is 49.6 Å². The standard InChI is InChI=1S/C28H29N5O3/c1-19-11-13-20(14-12-19)17-33-25-23(9-5-15-29-25)30-26(28(33)35)32-16-6-7-21(18-32)27(34)31-22-8-3-4-10-24(22)36-2/h3-5,8-15,21H,6-7,16-18H2,1-2H3,(H,31,34)/t21-/m1/s1. The Hall–Kier alpha value is -4.20. The Balaban J connectivity index is 1.44. The number of aryl methyl sites for hydroxylation is 1. The van der Waals surface area contributed by atoms with Gasteiger partial charge < -0.3 is 15.0 Å². The van der Waals surface area contributed by atoms with Crippen molar-refractivity contribution in [2.24, 2.45) is 5.92 Å². The van der Waals surface area contributed by atoms with Crippen LogP contribution in [0.1, 0.15) is 24.0 Å². The fourth-order valence-electron chi connectivity index (χ4n) is 4.66. The Labute approximate surface area is 209 Å². The third kappa shape index (κ3) is 4.79. The van der Waals surface area contributed by atoms with Gasteiger partial charge in [0.25, 0.3) is 5.56 Å². The molecule has 1 aliphatic heterocycles. The van der Waals surface area contributed by atoms with Crippen molar-refractivity contribution in [3.8, 4) is 5.75 Å². The summed E-state index contributed by atoms with van der Waals surface area (Å²) in [4.78, 5) is 37.9. The minimum atomic E-state index is -0.278. The number of ether oxygens (including phenoxy) is 1. The number of piperidine rings is 1. The largest absolute Gasteiger partial charge is 0.495 e. The first kappa shape index (κ1) is 23.5. The van der Waals surface area contributed by atoms with Crippen LogP contribution in [-0.2, 0) is 11.3 Å². The smallest absolute Gasteiger partial charge is 0.295 e. The molecule has 0 spiro atoms. The summed E-state index contributed by atoms with van der Waals surface area (Å²) in [5.41, 5.74) is 3.81. The van der Waals surface area contributed by atoms with E-state index in [1.54, 1.807) is 17.9 Å². The van der Waals surface area contributed by atoms with E-state index in [9.17, 15) is 9.59 Å². The molecule has 0 saturated carbocycles. The first-order valence-electron chi connectivity index (χ1n) is 12.1. The van der Waals surface area contributed by atoms with Gasteiger partial charge in [-0.15, -0.1) is 0 Å². The van der Waals surface area contributed by atoms with Crippen molar-refractivity contribution in [1.29, 1.82) is 0 Å². The molecule has 0 unspecified atom stereocenters. The van der Waals surface area contributed by atoms with E-state index in [2.05, 4.69) is 10.3 Å². The molecule has 184 valence electrons. The number of carbonyl (C=O) groups is 1. The molecule has 0 bridgehead atoms. The lowest BCUT2D eigenvalue weighted by atomic mass is 9.97. The number of carbonyl (C=O) groups excluding carboxylic acids is 1. The van der Waals surface area contributed by atoms with Crippen LogP contribution < -0.4 is 20.5 Å². The van der Waals surface area contributed by atoms with Gasteiger partial charge in [0.1, 0.15) is 11.3 Å². The van der Waals surface area contributed by atoms with E-state index in [1.165, 1.54) is 0 Å². The predicted octanol–water partition coefficient (Wildman–Crippen LogP) is 4.01. The number of fused-ring (bicyclic) bond motifs is 1. The predicted molar refractivity (Wildman–Crippen MR) is 141 cm³/mol. The molecule has 0 aliphatic carbocycles. The maximum absolute atomic E-state index is 13.7. The lowest BCUT2D eigenvalue weighted by Gasteiger charge is -2.32. The molecule has 36 heavy (non-hydrogen) atoms. The second-order valence-corrected chi connectivity index (χ2v) is 9.13. The second kappa shape index (κ2) is 10.2. The van der Waals surface area contributed by atoms with Crippen molar-refractivity contribution >= 4 is 28.6 Å². The zero-order chi connectivity index (χ0) is 25.1. The number of methoxy groups -OCH3 is 1. The number of rotatable bonds is 6. The third-order valence-electron chi connectivity index (χ3n) is 6.60. The van der Waals surface area contributed by atoms with Crippen LogP contribution in [0.5, 0.6) is 5.75 Å². The first-order chi connectivity index (χ1) is 17.5. The van der Waals surface area contributed by atoms with Crippen LogP contribution in [-0.4, -0.2) is 40.6 Å². The Morgan fingerprint density at radius 3 is 2.72 bits per heavy atom. The highest BCUT2D eigenvalue weighted by Gasteiger charge is 2.29. The summed E-state index contributed by atoms with van der Waals surface area (Å²) in [5.74, 6) is 0.602. The van der Waals surface area contributed by atoms with Crippen molar-refractivity contribution < 1.29 is 9.53 Å². The van der Waals surface area contributed by atoms with Crippen LogP contribution in [0, 0.1) is 12.8 Å². The minimum Gasteiger partial charge on any atom is -0.495 e. The molecule has 4 aromatic rings. The number of nitrogens with one attached hydrogen (secondary N) is 1. The van der Waals surface area contributed by atoms with Crippen LogP contribution in [0.4, 0.5) is 11.5 Å². The molecule has 0 radical (unpaired) electrons. The maximum Gasteiger partial charge on any atom is 0.295 e. The second-order valence-electron chi connectivity index (χ2n) is 9.13. The highest BCUT2D eigenvalue weighted by atomic mass is 16.5. The van der Waals surface area contributed by atoms with Crippen molar-refractivity contribution in [3.63, 3.8) is 0 Å². The quantitative estimate of drug-likeness (QED) is 0.446. The van der Waals surface area contributed by atoms with Gasteiger partial charge >= 0.3 is 0 Å². The molecule has 5 rings (SSSR count). The molecule has 2 aromatic carbocycles. The van der Waals surface area contributed by atoms with E-state index in [1.807, 2.05) is 72.5 Å². The summed E-state index contributed by atoms with van der Waals surface area (Å²) in [5, 5.41) is 2.99. The van der Waals surface area contributed by atoms with E-state index < -0.39 is 0 Å². The summed E-state index contributed by atoms with van der Waals surface area (Å²) < 4.78 is 7.05. The zero-order valence-electron chi connectivity index (χ0n) is 20.5. The third-order valence-corrected chi connectivity index (χ3v) is 6.60. The Morgan fingerprint density at radius 1 is 1.11 bits per heavy atom. The average Bonchev–Trinajstić information content (AvgIpc) is 2.91. The Kier molecular flexibility index (Phi) is 6.66. The van der Waals surface area contributed by atoms with Crippen molar-refractivity contribution in [2.45, 2.75) is 26.3 Å². The molecule has 1 fully saturated rings. The lowest BCUT2D eigenvalue weighted by Crippen LogP contribution is -2.44. The molecule has 8 heteroatoms. The lowest BCUT2D eigenvalue weighted by molar-refractivity contribution is -0.120. The van der Waals surface area contributed by atoms with Crippen molar-refractivity contribution in [2.75, 3.05) is 30.4 Å². The van der Waals surface area contributed by atoms with Gasteiger partial charge in [-0.1, -0.05) is 42.0 Å². The normalized spacial score (nSPS) is 15.6. The monoisotopic (exact) mass is 483 g/mol. The van der Waals surface area contributed by atoms with Crippen LogP contribution in [0.25, 0.3) is 11.2 Å². The van der Waals surface area contributed by atoms with Crippen LogP contribution in [0.15, 0.2) is 71.7 Å². The first-order valence-corrected chi connectivity index (χ1v) is 12.1. The molecule has 1 amide bonds. The van der Waals surface area contributed by atoms with Crippen LogP contribution in [0.3, 0.4) is 0 Å². The highest BCUT2D eigenvalue weighted by molar-refractivity contribution is 5.94. The fraction of sp³-hybridized carbons (Fsp3) is 0.286. The number of pyridine rings is 1. The number of anilines is 2. The zero-order valence-corrected chi connectivity index (χ0v) is 20.5. The molecule has 8 nitrogen and oxygen atoms in total. The number of hydrogen-bond acceptors (Lipinski definition) is 6. The van der Waals surface area contributed by atoms with E-state index in [0.29, 0.717) is 48.1 Å². The van der Waals surface area contributed by atoms with Gasteiger partial charge in [-0.2, -0.15) is 0 Å². The van der Waals surface area contributed by atoms with E-state index in [-0.39, 0.29) is 17.4 Å². The fourth-order valence-corrected chi connectivity index (χ4v) is 4.66. The molecule has 2 aromatic heterocycles. The van der Waals surface area contributed by atoms with Gasteiger partial charge in [0, 0.05) is 19.3 Å². The van der Waals surface area contributed by atoms with Crippen molar-refractivity contribution in [3.05, 3.63) is 88.3 Å². The molecular weight excluding hydrogens is 454 g/mol. The van der Waals surface area contributed by atoms with Gasteiger partial charge in [0.15, 0.2) is 11.5 Å². The van der Waals surface area contributed by atoms with Crippen LogP contribution in [0.2, 0.25) is 0 Å². The summed E-state index contributed by atoms with van der Waals surface area (Å²) >= 11 is 0. The van der Waals surface area contributed by atoms with Gasteiger partial charge in [0.05, 0.1) is 25.3 Å². The summed E-state index contributed by atoms with van der Waals surface area (Å²) in [7, 11) is 1.58. The molecule has 1 saturated heterocycles. The SMILES string of the molecule is COc1ccccc1NC(=O)[C@@H]1CCCN(c2nc3cccnc3n(Cc3ccc(C)cc3)c2=O)C1. The summed E-state index contributed by atoms with van der Waals surface area (Å²) in [6, 6.07) is 19.2. The molecule has 1 N–H and O–H groups in total.